The highest BCUT2D eigenvalue weighted by Crippen LogP contribution is 2.35. The van der Waals surface area contributed by atoms with Crippen LogP contribution in [0.5, 0.6) is 0 Å². The summed E-state index contributed by atoms with van der Waals surface area (Å²) in [5.41, 5.74) is 11.2. The zero-order valence-corrected chi connectivity index (χ0v) is 7.91. The fourth-order valence-corrected chi connectivity index (χ4v) is 2.61. The minimum Gasteiger partial charge on any atom is -0.391 e. The Morgan fingerprint density at radius 3 is 1.42 bits per heavy atom. The zero-order valence-electron chi connectivity index (χ0n) is 6.28. The van der Waals surface area contributed by atoms with Gasteiger partial charge in [-0.2, -0.15) is 0 Å². The molecule has 12 heavy (non-hydrogen) atoms. The van der Waals surface area contributed by atoms with Crippen molar-refractivity contribution in [2.24, 2.45) is 0 Å². The number of hydrogen-bond donors (Lipinski definition) is 2. The summed E-state index contributed by atoms with van der Waals surface area (Å²) in [4.78, 5) is 2.38. The van der Waals surface area contributed by atoms with Crippen LogP contribution in [0.25, 0.3) is 9.75 Å². The highest BCUT2D eigenvalue weighted by molar-refractivity contribution is 7.25. The molecule has 0 spiro atoms. The van der Waals surface area contributed by atoms with Gasteiger partial charge >= 0.3 is 0 Å². The van der Waals surface area contributed by atoms with E-state index < -0.39 is 0 Å². The Balaban J connectivity index is 2.43. The van der Waals surface area contributed by atoms with Gasteiger partial charge in [-0.3, -0.25) is 0 Å². The van der Waals surface area contributed by atoms with E-state index in [1.54, 1.807) is 22.7 Å². The van der Waals surface area contributed by atoms with Gasteiger partial charge in [0.25, 0.3) is 0 Å². The number of hydrogen-bond acceptors (Lipinski definition) is 4. The van der Waals surface area contributed by atoms with Crippen LogP contribution in [0.3, 0.4) is 0 Å². The van der Waals surface area contributed by atoms with Crippen LogP contribution in [0, 0.1) is 0 Å². The van der Waals surface area contributed by atoms with Gasteiger partial charge in [-0.1, -0.05) is 0 Å². The first kappa shape index (κ1) is 7.64. The molecule has 0 aliphatic carbocycles. The van der Waals surface area contributed by atoms with Gasteiger partial charge in [0.15, 0.2) is 0 Å². The molecule has 0 atom stereocenters. The predicted octanol–water partition coefficient (Wildman–Crippen LogP) is 2.64. The molecule has 0 aromatic carbocycles. The van der Waals surface area contributed by atoms with Crippen LogP contribution in [-0.2, 0) is 0 Å². The van der Waals surface area contributed by atoms with Crippen LogP contribution in [0.2, 0.25) is 0 Å². The van der Waals surface area contributed by atoms with Gasteiger partial charge in [-0.25, -0.2) is 0 Å². The summed E-state index contributed by atoms with van der Waals surface area (Å²) in [6, 6.07) is 7.86. The van der Waals surface area contributed by atoms with E-state index in [4.69, 9.17) is 11.5 Å². The van der Waals surface area contributed by atoms with Crippen molar-refractivity contribution in [1.82, 2.24) is 0 Å². The summed E-state index contributed by atoms with van der Waals surface area (Å²) in [6.45, 7) is 0. The Morgan fingerprint density at radius 1 is 0.750 bits per heavy atom. The summed E-state index contributed by atoms with van der Waals surface area (Å²) in [7, 11) is 0. The van der Waals surface area contributed by atoms with Crippen molar-refractivity contribution in [3.63, 3.8) is 0 Å². The molecule has 0 radical (unpaired) electrons. The van der Waals surface area contributed by atoms with E-state index in [2.05, 4.69) is 0 Å². The van der Waals surface area contributed by atoms with E-state index in [-0.39, 0.29) is 0 Å². The van der Waals surface area contributed by atoms with Crippen molar-refractivity contribution in [2.75, 3.05) is 11.5 Å². The molecule has 0 bridgehead atoms. The van der Waals surface area contributed by atoms with E-state index >= 15 is 0 Å². The van der Waals surface area contributed by atoms with E-state index in [1.807, 2.05) is 24.3 Å². The first-order valence-electron chi connectivity index (χ1n) is 3.47. The smallest absolute Gasteiger partial charge is 0.0863 e. The van der Waals surface area contributed by atoms with Crippen molar-refractivity contribution in [1.29, 1.82) is 0 Å². The number of rotatable bonds is 1. The van der Waals surface area contributed by atoms with Crippen molar-refractivity contribution in [3.8, 4) is 9.75 Å². The number of anilines is 2. The molecule has 2 rings (SSSR count). The number of nitrogen functional groups attached to an aromatic ring is 2. The third-order valence-electron chi connectivity index (χ3n) is 1.50. The van der Waals surface area contributed by atoms with Gasteiger partial charge in [-0.05, 0) is 24.3 Å². The molecule has 0 saturated carbocycles. The van der Waals surface area contributed by atoms with Crippen LogP contribution in [0.4, 0.5) is 10.0 Å². The summed E-state index contributed by atoms with van der Waals surface area (Å²) in [5.74, 6) is 0. The first-order valence-corrected chi connectivity index (χ1v) is 5.10. The maximum atomic E-state index is 5.61. The third kappa shape index (κ3) is 1.31. The molecule has 0 amide bonds. The molecule has 4 heteroatoms. The highest BCUT2D eigenvalue weighted by Gasteiger charge is 2.02. The van der Waals surface area contributed by atoms with Crippen molar-refractivity contribution < 1.29 is 0 Å². The minimum atomic E-state index is 0.844. The lowest BCUT2D eigenvalue weighted by molar-refractivity contribution is 1.90. The van der Waals surface area contributed by atoms with Crippen molar-refractivity contribution in [3.05, 3.63) is 24.3 Å². The molecule has 0 aliphatic heterocycles. The second kappa shape index (κ2) is 2.80. The maximum Gasteiger partial charge on any atom is 0.0863 e. The summed E-state index contributed by atoms with van der Waals surface area (Å²) in [6.07, 6.45) is 0. The molecule has 2 aromatic heterocycles. The normalized spacial score (nSPS) is 10.3. The van der Waals surface area contributed by atoms with Crippen molar-refractivity contribution in [2.45, 2.75) is 0 Å². The van der Waals surface area contributed by atoms with E-state index in [1.165, 1.54) is 9.75 Å². The third-order valence-corrected chi connectivity index (χ3v) is 3.52. The topological polar surface area (TPSA) is 52.0 Å². The monoisotopic (exact) mass is 196 g/mol. The Bertz CT molecular complexity index is 351. The Hall–Kier alpha value is -1.00. The molecule has 2 nitrogen and oxygen atoms in total. The Kier molecular flexibility index (Phi) is 1.78. The maximum absolute atomic E-state index is 5.61. The van der Waals surface area contributed by atoms with Crippen LogP contribution >= 0.6 is 22.7 Å². The molecular weight excluding hydrogens is 188 g/mol. The first-order chi connectivity index (χ1) is 5.75. The lowest BCUT2D eigenvalue weighted by atomic mass is 10.4. The quantitative estimate of drug-likeness (QED) is 0.736. The van der Waals surface area contributed by atoms with Crippen LogP contribution in [0.1, 0.15) is 0 Å². The van der Waals surface area contributed by atoms with E-state index in [0.29, 0.717) is 0 Å². The summed E-state index contributed by atoms with van der Waals surface area (Å²) < 4.78 is 0. The fraction of sp³-hybridized carbons (Fsp3) is 0. The van der Waals surface area contributed by atoms with Gasteiger partial charge in [0, 0.05) is 9.75 Å². The SMILES string of the molecule is Nc1ccc(-c2ccc(N)s2)s1. The largest absolute Gasteiger partial charge is 0.391 e. The highest BCUT2D eigenvalue weighted by atomic mass is 32.1. The van der Waals surface area contributed by atoms with Gasteiger partial charge in [-0.15, -0.1) is 22.7 Å². The fourth-order valence-electron chi connectivity index (χ4n) is 0.971. The second-order valence-electron chi connectivity index (χ2n) is 2.40. The Labute approximate surface area is 78.4 Å². The standard InChI is InChI=1S/C8H8N2S2/c9-7-3-1-5(11-7)6-2-4-8(10)12-6/h1-4H,9-10H2. The summed E-state index contributed by atoms with van der Waals surface area (Å²) in [5, 5.41) is 1.69. The minimum absolute atomic E-state index is 0.844. The van der Waals surface area contributed by atoms with E-state index in [9.17, 15) is 0 Å². The van der Waals surface area contributed by atoms with Gasteiger partial charge in [0.05, 0.1) is 10.0 Å². The molecule has 62 valence electrons. The molecule has 0 aliphatic rings. The molecule has 0 unspecified atom stereocenters. The number of nitrogens with two attached hydrogens (primary N) is 2. The average molecular weight is 196 g/mol. The molecule has 4 N–H and O–H groups in total. The van der Waals surface area contributed by atoms with Gasteiger partial charge < -0.3 is 11.5 Å². The Morgan fingerprint density at radius 2 is 1.17 bits per heavy atom. The molecule has 2 aromatic rings. The molecular formula is C8H8N2S2. The average Bonchev–Trinajstić information content (AvgIpc) is 2.58. The molecule has 0 saturated heterocycles. The van der Waals surface area contributed by atoms with E-state index in [0.717, 1.165) is 10.0 Å². The second-order valence-corrected chi connectivity index (χ2v) is 4.63. The van der Waals surface area contributed by atoms with Crippen LogP contribution < -0.4 is 11.5 Å². The molecule has 0 fully saturated rings. The number of thiophene rings is 2. The van der Waals surface area contributed by atoms with Gasteiger partial charge in [0.1, 0.15) is 0 Å². The zero-order chi connectivity index (χ0) is 8.55. The summed E-state index contributed by atoms with van der Waals surface area (Å²) >= 11 is 3.17. The van der Waals surface area contributed by atoms with Crippen LogP contribution in [0.15, 0.2) is 24.3 Å². The lowest BCUT2D eigenvalue weighted by Gasteiger charge is -1.86. The lowest BCUT2D eigenvalue weighted by Crippen LogP contribution is -1.72. The molecule has 2 heterocycles. The predicted molar refractivity (Wildman–Crippen MR) is 56.5 cm³/mol. The van der Waals surface area contributed by atoms with Crippen LogP contribution in [-0.4, -0.2) is 0 Å². The van der Waals surface area contributed by atoms with Gasteiger partial charge in [0.2, 0.25) is 0 Å². The van der Waals surface area contributed by atoms with Crippen molar-refractivity contribution >= 4 is 32.7 Å².